The summed E-state index contributed by atoms with van der Waals surface area (Å²) < 4.78 is 22.6. The predicted molar refractivity (Wildman–Crippen MR) is 95.7 cm³/mol. The maximum absolute atomic E-state index is 8.98. The summed E-state index contributed by atoms with van der Waals surface area (Å²) in [5.74, 6) is 2.50. The lowest BCUT2D eigenvalue weighted by molar-refractivity contribution is 0.103. The highest BCUT2D eigenvalue weighted by Crippen LogP contribution is 2.32. The number of aliphatic hydroxyl groups excluding tert-OH is 1. The quantitative estimate of drug-likeness (QED) is 0.762. The van der Waals surface area contributed by atoms with Crippen LogP contribution in [0.5, 0.6) is 11.5 Å². The SMILES string of the molecule is COc1ccc2c(c1OC)=C(COCCO)OC=C(C1CCCC1)C=2. The molecule has 1 N–H and O–H groups in total. The molecule has 0 saturated heterocycles. The highest BCUT2D eigenvalue weighted by Gasteiger charge is 2.21. The molecule has 1 heterocycles. The van der Waals surface area contributed by atoms with Crippen molar-refractivity contribution in [3.63, 3.8) is 0 Å². The van der Waals surface area contributed by atoms with Crippen LogP contribution in [-0.4, -0.2) is 39.1 Å². The first kappa shape index (κ1) is 17.8. The molecule has 25 heavy (non-hydrogen) atoms. The van der Waals surface area contributed by atoms with Crippen LogP contribution in [0.3, 0.4) is 0 Å². The third-order valence-electron chi connectivity index (χ3n) is 4.81. The largest absolute Gasteiger partial charge is 0.493 e. The summed E-state index contributed by atoms with van der Waals surface area (Å²) in [6.07, 6.45) is 8.97. The second kappa shape index (κ2) is 8.41. The summed E-state index contributed by atoms with van der Waals surface area (Å²) in [5, 5.41) is 10.9. The van der Waals surface area contributed by atoms with E-state index in [4.69, 9.17) is 24.1 Å². The Bertz CT molecular complexity index is 744. The second-order valence-electron chi connectivity index (χ2n) is 6.33. The minimum atomic E-state index is -0.0231. The van der Waals surface area contributed by atoms with Gasteiger partial charge in [-0.2, -0.15) is 0 Å². The molecule has 0 unspecified atom stereocenters. The van der Waals surface area contributed by atoms with E-state index in [-0.39, 0.29) is 19.8 Å². The van der Waals surface area contributed by atoms with Crippen LogP contribution < -0.4 is 19.9 Å². The highest BCUT2D eigenvalue weighted by atomic mass is 16.5. The van der Waals surface area contributed by atoms with Crippen molar-refractivity contribution in [3.8, 4) is 11.5 Å². The number of methoxy groups -OCH3 is 2. The van der Waals surface area contributed by atoms with Crippen molar-refractivity contribution in [2.45, 2.75) is 25.7 Å². The van der Waals surface area contributed by atoms with Gasteiger partial charge in [0.1, 0.15) is 12.4 Å². The standard InChI is InChI=1S/C20H26O5/c1-22-17-8-7-15-11-16(14-5-3-4-6-14)12-25-18(13-24-10-9-21)19(15)20(17)23-2/h7-8,11-12,14,21H,3-6,9-10,13H2,1-2H3. The molecule has 1 aliphatic heterocycles. The zero-order valence-electron chi connectivity index (χ0n) is 14.9. The molecular formula is C20H26O5. The van der Waals surface area contributed by atoms with Gasteiger partial charge in [-0.05, 0) is 41.7 Å². The smallest absolute Gasteiger partial charge is 0.172 e. The number of rotatable bonds is 7. The monoisotopic (exact) mass is 346 g/mol. The van der Waals surface area contributed by atoms with E-state index < -0.39 is 0 Å². The summed E-state index contributed by atoms with van der Waals surface area (Å²) >= 11 is 0. The summed E-state index contributed by atoms with van der Waals surface area (Å²) in [6, 6.07) is 3.94. The Morgan fingerprint density at radius 3 is 2.64 bits per heavy atom. The lowest BCUT2D eigenvalue weighted by Crippen LogP contribution is -2.30. The van der Waals surface area contributed by atoms with Gasteiger partial charge in [-0.25, -0.2) is 0 Å². The normalized spacial score (nSPS) is 17.2. The van der Waals surface area contributed by atoms with E-state index in [1.807, 2.05) is 18.4 Å². The first-order valence-electron chi connectivity index (χ1n) is 8.79. The van der Waals surface area contributed by atoms with E-state index in [2.05, 4.69) is 6.08 Å². The maximum Gasteiger partial charge on any atom is 0.172 e. The molecule has 0 radical (unpaired) electrons. The van der Waals surface area contributed by atoms with E-state index in [9.17, 15) is 0 Å². The van der Waals surface area contributed by atoms with Gasteiger partial charge in [-0.1, -0.05) is 18.9 Å². The molecule has 0 spiro atoms. The fourth-order valence-electron chi connectivity index (χ4n) is 3.57. The van der Waals surface area contributed by atoms with Gasteiger partial charge >= 0.3 is 0 Å². The lowest BCUT2D eigenvalue weighted by atomic mass is 9.97. The molecule has 1 saturated carbocycles. The first-order chi connectivity index (χ1) is 12.3. The molecule has 1 aromatic rings. The first-order valence-corrected chi connectivity index (χ1v) is 8.79. The summed E-state index contributed by atoms with van der Waals surface area (Å²) in [5.41, 5.74) is 1.21. The predicted octanol–water partition coefficient (Wildman–Crippen LogP) is 1.71. The van der Waals surface area contributed by atoms with Crippen LogP contribution in [0.25, 0.3) is 11.8 Å². The van der Waals surface area contributed by atoms with Gasteiger partial charge in [0.15, 0.2) is 11.5 Å². The molecule has 2 aliphatic rings. The number of allylic oxidation sites excluding steroid dienone is 1. The highest BCUT2D eigenvalue weighted by molar-refractivity contribution is 5.59. The van der Waals surface area contributed by atoms with E-state index in [0.29, 0.717) is 23.2 Å². The minimum absolute atomic E-state index is 0.0231. The molecule has 5 nitrogen and oxygen atoms in total. The molecular weight excluding hydrogens is 320 g/mol. The Labute approximate surface area is 148 Å². The molecule has 0 amide bonds. The molecule has 0 bridgehead atoms. The van der Waals surface area contributed by atoms with Crippen LogP contribution >= 0.6 is 0 Å². The van der Waals surface area contributed by atoms with Gasteiger partial charge in [0.25, 0.3) is 0 Å². The summed E-state index contributed by atoms with van der Waals surface area (Å²) in [7, 11) is 3.25. The van der Waals surface area contributed by atoms with Gasteiger partial charge in [-0.3, -0.25) is 0 Å². The van der Waals surface area contributed by atoms with Gasteiger partial charge in [0, 0.05) is 0 Å². The Morgan fingerprint density at radius 2 is 1.96 bits per heavy atom. The van der Waals surface area contributed by atoms with Crippen LogP contribution in [0.2, 0.25) is 0 Å². The van der Waals surface area contributed by atoms with Crippen molar-refractivity contribution in [1.29, 1.82) is 0 Å². The fourth-order valence-corrected chi connectivity index (χ4v) is 3.57. The molecule has 0 atom stereocenters. The number of benzene rings is 1. The molecule has 1 fully saturated rings. The van der Waals surface area contributed by atoms with Crippen LogP contribution in [0, 0.1) is 5.92 Å². The summed E-state index contributed by atoms with van der Waals surface area (Å²) in [4.78, 5) is 0. The number of fused-ring (bicyclic) bond motifs is 1. The number of aliphatic hydroxyl groups is 1. The van der Waals surface area contributed by atoms with Crippen LogP contribution in [0.4, 0.5) is 0 Å². The van der Waals surface area contributed by atoms with Crippen molar-refractivity contribution < 1.29 is 24.1 Å². The molecule has 136 valence electrons. The van der Waals surface area contributed by atoms with Crippen molar-refractivity contribution in [2.24, 2.45) is 5.92 Å². The molecule has 1 aromatic carbocycles. The Kier molecular flexibility index (Phi) is 6.00. The van der Waals surface area contributed by atoms with Crippen LogP contribution in [0.15, 0.2) is 24.0 Å². The topological polar surface area (TPSA) is 57.2 Å². The Hall–Kier alpha value is -1.98. The van der Waals surface area contributed by atoms with Gasteiger partial charge < -0.3 is 24.1 Å². The third kappa shape index (κ3) is 3.83. The number of hydrogen-bond donors (Lipinski definition) is 1. The van der Waals surface area contributed by atoms with E-state index in [1.165, 1.54) is 31.3 Å². The lowest BCUT2D eigenvalue weighted by Gasteiger charge is -2.12. The molecule has 3 rings (SSSR count). The molecule has 5 heteroatoms. The van der Waals surface area contributed by atoms with E-state index in [1.54, 1.807) is 14.2 Å². The average molecular weight is 346 g/mol. The second-order valence-corrected chi connectivity index (χ2v) is 6.33. The Balaban J connectivity index is 2.11. The molecule has 1 aliphatic carbocycles. The van der Waals surface area contributed by atoms with Gasteiger partial charge in [0.05, 0.1) is 38.9 Å². The summed E-state index contributed by atoms with van der Waals surface area (Å²) in [6.45, 7) is 0.501. The minimum Gasteiger partial charge on any atom is -0.493 e. The third-order valence-corrected chi connectivity index (χ3v) is 4.81. The Morgan fingerprint density at radius 1 is 1.16 bits per heavy atom. The van der Waals surface area contributed by atoms with Gasteiger partial charge in [0.2, 0.25) is 0 Å². The van der Waals surface area contributed by atoms with Crippen molar-refractivity contribution in [2.75, 3.05) is 34.0 Å². The van der Waals surface area contributed by atoms with E-state index >= 15 is 0 Å². The number of hydrogen-bond acceptors (Lipinski definition) is 5. The van der Waals surface area contributed by atoms with E-state index in [0.717, 1.165) is 10.4 Å². The maximum atomic E-state index is 8.98. The number of ether oxygens (including phenoxy) is 4. The van der Waals surface area contributed by atoms with Crippen molar-refractivity contribution in [1.82, 2.24) is 0 Å². The van der Waals surface area contributed by atoms with Crippen LogP contribution in [-0.2, 0) is 9.47 Å². The van der Waals surface area contributed by atoms with Crippen molar-refractivity contribution in [3.05, 3.63) is 34.4 Å². The fraction of sp³-hybridized carbons (Fsp3) is 0.500. The zero-order valence-corrected chi connectivity index (χ0v) is 14.9. The zero-order chi connectivity index (χ0) is 17.6. The molecule has 0 aromatic heterocycles. The average Bonchev–Trinajstić information content (AvgIpc) is 3.11. The van der Waals surface area contributed by atoms with Gasteiger partial charge in [-0.15, -0.1) is 0 Å². The van der Waals surface area contributed by atoms with Crippen molar-refractivity contribution >= 4 is 11.8 Å². The van der Waals surface area contributed by atoms with Crippen LogP contribution in [0.1, 0.15) is 25.7 Å².